The lowest BCUT2D eigenvalue weighted by Gasteiger charge is -2.25. The number of hydrazone groups is 1. The molecule has 27 heavy (non-hydrogen) atoms. The molecule has 1 heterocycles. The lowest BCUT2D eigenvalue weighted by atomic mass is 10.0. The Hall–Kier alpha value is -1.58. The highest BCUT2D eigenvalue weighted by Gasteiger charge is 2.34. The molecule has 3 rings (SSSR count). The number of nitrogens with zero attached hydrogens (tertiary/aromatic N) is 2. The molecule has 2 aromatic carbocycles. The monoisotopic (exact) mass is 480 g/mol. The van der Waals surface area contributed by atoms with Gasteiger partial charge in [0.1, 0.15) is 0 Å². The van der Waals surface area contributed by atoms with Gasteiger partial charge in [-0.15, -0.1) is 0 Å². The van der Waals surface area contributed by atoms with Crippen molar-refractivity contribution in [3.05, 3.63) is 63.1 Å². The summed E-state index contributed by atoms with van der Waals surface area (Å²) in [6.45, 7) is 0.154. The highest BCUT2D eigenvalue weighted by molar-refractivity contribution is 9.10. The van der Waals surface area contributed by atoms with Gasteiger partial charge in [0.15, 0.2) is 0 Å². The molecule has 0 N–H and O–H groups in total. The summed E-state index contributed by atoms with van der Waals surface area (Å²) in [5, 5.41) is 3.70. The Bertz CT molecular complexity index is 992. The Kier molecular flexibility index (Phi) is 5.56. The van der Waals surface area contributed by atoms with Crippen LogP contribution < -0.4 is 0 Å². The summed E-state index contributed by atoms with van der Waals surface area (Å²) in [7, 11) is -3.89. The summed E-state index contributed by atoms with van der Waals surface area (Å²) in [6, 6.07) is 9.51. The van der Waals surface area contributed by atoms with Gasteiger partial charge in [0, 0.05) is 4.47 Å². The third-order valence-corrected chi connectivity index (χ3v) is 6.53. The minimum Gasteiger partial charge on any atom is -0.200 e. The van der Waals surface area contributed by atoms with E-state index in [0.717, 1.165) is 21.0 Å². The summed E-state index contributed by atoms with van der Waals surface area (Å²) < 4.78 is 66.4. The minimum absolute atomic E-state index is 0.0581. The van der Waals surface area contributed by atoms with Gasteiger partial charge in [-0.2, -0.15) is 31.1 Å². The fourth-order valence-corrected chi connectivity index (χ4v) is 4.43. The van der Waals surface area contributed by atoms with E-state index in [0.29, 0.717) is 12.8 Å². The van der Waals surface area contributed by atoms with Crippen molar-refractivity contribution in [2.45, 2.75) is 23.9 Å². The maximum absolute atomic E-state index is 13.1. The predicted molar refractivity (Wildman–Crippen MR) is 100 cm³/mol. The third kappa shape index (κ3) is 4.30. The van der Waals surface area contributed by atoms with Crippen LogP contribution in [0.4, 0.5) is 13.2 Å². The first-order chi connectivity index (χ1) is 12.6. The molecular weight excluding hydrogens is 469 g/mol. The SMILES string of the molecule is O=S(=O)(c1ccc(Br)cc1)N1CCCC(c2ccc(Cl)c(C(F)(F)F)c2)=N1. The molecule has 0 amide bonds. The fourth-order valence-electron chi connectivity index (χ4n) is 2.64. The van der Waals surface area contributed by atoms with Crippen molar-refractivity contribution in [3.8, 4) is 0 Å². The highest BCUT2D eigenvalue weighted by Crippen LogP contribution is 2.35. The fraction of sp³-hybridized carbons (Fsp3) is 0.235. The number of alkyl halides is 3. The lowest BCUT2D eigenvalue weighted by molar-refractivity contribution is -0.137. The van der Waals surface area contributed by atoms with E-state index in [9.17, 15) is 21.6 Å². The minimum atomic E-state index is -4.61. The van der Waals surface area contributed by atoms with E-state index < -0.39 is 26.8 Å². The maximum Gasteiger partial charge on any atom is 0.417 e. The molecule has 0 fully saturated rings. The van der Waals surface area contributed by atoms with Crippen LogP contribution >= 0.6 is 27.5 Å². The lowest BCUT2D eigenvalue weighted by Crippen LogP contribution is -2.32. The number of halogens is 5. The Morgan fingerprint density at radius 1 is 1.11 bits per heavy atom. The number of sulfonamides is 1. The van der Waals surface area contributed by atoms with Gasteiger partial charge in [0.2, 0.25) is 0 Å². The van der Waals surface area contributed by atoms with Gasteiger partial charge >= 0.3 is 6.18 Å². The van der Waals surface area contributed by atoms with Crippen LogP contribution in [0.1, 0.15) is 24.0 Å². The van der Waals surface area contributed by atoms with E-state index >= 15 is 0 Å². The van der Waals surface area contributed by atoms with Crippen molar-refractivity contribution in [3.63, 3.8) is 0 Å². The van der Waals surface area contributed by atoms with Gasteiger partial charge in [-0.1, -0.05) is 33.6 Å². The molecule has 0 spiro atoms. The van der Waals surface area contributed by atoms with Gasteiger partial charge in [0.25, 0.3) is 10.0 Å². The van der Waals surface area contributed by atoms with Crippen LogP contribution in [0.5, 0.6) is 0 Å². The largest absolute Gasteiger partial charge is 0.417 e. The maximum atomic E-state index is 13.1. The number of hydrogen-bond acceptors (Lipinski definition) is 3. The quantitative estimate of drug-likeness (QED) is 0.596. The molecule has 0 bridgehead atoms. The van der Waals surface area contributed by atoms with Crippen molar-refractivity contribution in [2.75, 3.05) is 6.54 Å². The first-order valence-corrected chi connectivity index (χ1v) is 10.4. The van der Waals surface area contributed by atoms with E-state index in [1.165, 1.54) is 18.2 Å². The van der Waals surface area contributed by atoms with Gasteiger partial charge in [-0.25, -0.2) is 0 Å². The second kappa shape index (κ2) is 7.44. The van der Waals surface area contributed by atoms with E-state index in [-0.39, 0.29) is 22.7 Å². The smallest absolute Gasteiger partial charge is 0.200 e. The summed E-state index contributed by atoms with van der Waals surface area (Å²) in [5.74, 6) is 0. The predicted octanol–water partition coefficient (Wildman–Crippen LogP) is 5.31. The van der Waals surface area contributed by atoms with Crippen LogP contribution in [0.15, 0.2) is 56.9 Å². The Labute approximate surface area is 167 Å². The Morgan fingerprint density at radius 2 is 1.78 bits per heavy atom. The first kappa shape index (κ1) is 20.2. The zero-order valence-corrected chi connectivity index (χ0v) is 16.8. The molecule has 0 saturated heterocycles. The van der Waals surface area contributed by atoms with Crippen LogP contribution in [-0.2, 0) is 16.2 Å². The molecule has 1 aliphatic rings. The Morgan fingerprint density at radius 3 is 2.41 bits per heavy atom. The van der Waals surface area contributed by atoms with Gasteiger partial charge in [0.05, 0.1) is 27.7 Å². The molecule has 0 aliphatic carbocycles. The van der Waals surface area contributed by atoms with Crippen LogP contribution in [0, 0.1) is 0 Å². The first-order valence-electron chi connectivity index (χ1n) is 7.82. The second-order valence-corrected chi connectivity index (χ2v) is 9.01. The standard InChI is InChI=1S/C17H13BrClF3N2O2S/c18-12-4-6-13(7-5-12)27(25,26)24-9-1-2-16(23-24)11-3-8-15(19)14(10-11)17(20,21)22/h3-8,10H,1-2,9H2. The summed E-state index contributed by atoms with van der Waals surface area (Å²) in [5.41, 5.74) is -0.510. The normalized spacial score (nSPS) is 15.6. The average Bonchev–Trinajstić information content (AvgIpc) is 2.61. The Balaban J connectivity index is 1.99. The van der Waals surface area contributed by atoms with Crippen molar-refractivity contribution in [1.82, 2.24) is 4.41 Å². The van der Waals surface area contributed by atoms with Gasteiger partial charge in [-0.05, 0) is 54.8 Å². The van der Waals surface area contributed by atoms with Crippen molar-refractivity contribution < 1.29 is 21.6 Å². The topological polar surface area (TPSA) is 49.7 Å². The van der Waals surface area contributed by atoms with Crippen molar-refractivity contribution >= 4 is 43.3 Å². The van der Waals surface area contributed by atoms with Crippen LogP contribution in [0.25, 0.3) is 0 Å². The second-order valence-electron chi connectivity index (χ2n) is 5.85. The number of benzene rings is 2. The molecule has 0 saturated carbocycles. The number of rotatable bonds is 3. The van der Waals surface area contributed by atoms with Crippen LogP contribution in [0.3, 0.4) is 0 Å². The van der Waals surface area contributed by atoms with Gasteiger partial charge < -0.3 is 0 Å². The third-order valence-electron chi connectivity index (χ3n) is 3.99. The van der Waals surface area contributed by atoms with E-state index in [4.69, 9.17) is 11.6 Å². The molecule has 0 unspecified atom stereocenters. The summed E-state index contributed by atoms with van der Waals surface area (Å²) in [6.07, 6.45) is -3.80. The van der Waals surface area contributed by atoms with Gasteiger partial charge in [-0.3, -0.25) is 0 Å². The van der Waals surface area contributed by atoms with Crippen LogP contribution in [0.2, 0.25) is 5.02 Å². The molecule has 0 radical (unpaired) electrons. The molecular formula is C17H13BrClF3N2O2S. The molecule has 144 valence electrons. The highest BCUT2D eigenvalue weighted by atomic mass is 79.9. The molecule has 10 heteroatoms. The zero-order chi connectivity index (χ0) is 19.8. The molecule has 0 atom stereocenters. The molecule has 1 aliphatic heterocycles. The van der Waals surface area contributed by atoms with Crippen LogP contribution in [-0.4, -0.2) is 25.1 Å². The van der Waals surface area contributed by atoms with E-state index in [1.807, 2.05) is 0 Å². The number of hydrogen-bond donors (Lipinski definition) is 0. The van der Waals surface area contributed by atoms with E-state index in [2.05, 4.69) is 21.0 Å². The van der Waals surface area contributed by atoms with Crippen molar-refractivity contribution in [1.29, 1.82) is 0 Å². The summed E-state index contributed by atoms with van der Waals surface area (Å²) in [4.78, 5) is 0.0581. The van der Waals surface area contributed by atoms with E-state index in [1.54, 1.807) is 12.1 Å². The average molecular weight is 482 g/mol. The molecule has 2 aromatic rings. The molecule has 0 aromatic heterocycles. The zero-order valence-electron chi connectivity index (χ0n) is 13.7. The molecule has 4 nitrogen and oxygen atoms in total. The van der Waals surface area contributed by atoms with Crippen molar-refractivity contribution in [2.24, 2.45) is 5.10 Å². The summed E-state index contributed by atoms with van der Waals surface area (Å²) >= 11 is 8.88.